The zero-order chi connectivity index (χ0) is 11.1. The van der Waals surface area contributed by atoms with Crippen molar-refractivity contribution in [2.45, 2.75) is 6.73 Å². The highest BCUT2D eigenvalue weighted by molar-refractivity contribution is 6.06. The number of hydrogen-bond acceptors (Lipinski definition) is 2. The number of carbonyl (C=O) groups excluding carboxylic acids is 1. The Morgan fingerprint density at radius 3 is 3.12 bits per heavy atom. The Morgan fingerprint density at radius 1 is 1.44 bits per heavy atom. The zero-order valence-corrected chi connectivity index (χ0v) is 8.51. The van der Waals surface area contributed by atoms with Crippen molar-refractivity contribution in [1.29, 1.82) is 0 Å². The van der Waals surface area contributed by atoms with Crippen LogP contribution in [0.25, 0.3) is 17.0 Å². The first-order chi connectivity index (χ1) is 7.77. The molecule has 1 aromatic carbocycles. The van der Waals surface area contributed by atoms with Crippen LogP contribution < -0.4 is 5.73 Å². The van der Waals surface area contributed by atoms with E-state index in [1.165, 1.54) is 0 Å². The first kappa shape index (κ1) is 9.03. The Labute approximate surface area is 91.9 Å². The molecular weight excluding hydrogens is 204 g/mol. The van der Waals surface area contributed by atoms with Gasteiger partial charge in [0.2, 0.25) is 5.91 Å². The van der Waals surface area contributed by atoms with Crippen LogP contribution in [0.4, 0.5) is 0 Å². The highest BCUT2D eigenvalue weighted by Crippen LogP contribution is 2.26. The molecule has 3 rings (SSSR count). The van der Waals surface area contributed by atoms with E-state index in [9.17, 15) is 4.79 Å². The van der Waals surface area contributed by atoms with Gasteiger partial charge in [0.25, 0.3) is 0 Å². The monoisotopic (exact) mass is 214 g/mol. The second-order valence-corrected chi connectivity index (χ2v) is 3.70. The number of benzene rings is 1. The summed E-state index contributed by atoms with van der Waals surface area (Å²) in [5.74, 6) is -0.404. The fourth-order valence-electron chi connectivity index (χ4n) is 2.04. The van der Waals surface area contributed by atoms with Gasteiger partial charge in [0.1, 0.15) is 0 Å². The molecule has 0 unspecified atom stereocenters. The molecule has 0 radical (unpaired) electrons. The van der Waals surface area contributed by atoms with Crippen molar-refractivity contribution in [1.82, 2.24) is 4.57 Å². The molecule has 0 atom stereocenters. The third kappa shape index (κ3) is 1.13. The summed E-state index contributed by atoms with van der Waals surface area (Å²) in [5, 5.41) is 0.875. The summed E-state index contributed by atoms with van der Waals surface area (Å²) >= 11 is 0. The SMILES string of the molecule is NC(=O)c1cccc2c1cc1n2COC=C1. The summed E-state index contributed by atoms with van der Waals surface area (Å²) in [4.78, 5) is 11.3. The molecule has 16 heavy (non-hydrogen) atoms. The summed E-state index contributed by atoms with van der Waals surface area (Å²) in [5.41, 5.74) is 7.88. The maximum atomic E-state index is 11.3. The smallest absolute Gasteiger partial charge is 0.249 e. The molecule has 80 valence electrons. The van der Waals surface area contributed by atoms with Crippen LogP contribution in [0.3, 0.4) is 0 Å². The van der Waals surface area contributed by atoms with Gasteiger partial charge in [0.05, 0.1) is 11.8 Å². The lowest BCUT2D eigenvalue weighted by atomic mass is 10.1. The number of nitrogens with two attached hydrogens (primary N) is 1. The van der Waals surface area contributed by atoms with Crippen LogP contribution in [-0.2, 0) is 11.5 Å². The number of aromatic nitrogens is 1. The van der Waals surface area contributed by atoms with Crippen molar-refractivity contribution < 1.29 is 9.53 Å². The number of hydrogen-bond donors (Lipinski definition) is 1. The maximum Gasteiger partial charge on any atom is 0.249 e. The highest BCUT2D eigenvalue weighted by Gasteiger charge is 2.14. The van der Waals surface area contributed by atoms with Gasteiger partial charge < -0.3 is 15.0 Å². The van der Waals surface area contributed by atoms with Crippen LogP contribution in [0, 0.1) is 0 Å². The molecule has 0 saturated heterocycles. The van der Waals surface area contributed by atoms with E-state index in [1.807, 2.05) is 28.8 Å². The standard InChI is InChI=1S/C12H10N2O2/c13-12(15)9-2-1-3-11-10(9)6-8-4-5-16-7-14(8)11/h1-6H,7H2,(H2,13,15). The Hall–Kier alpha value is -2.23. The van der Waals surface area contributed by atoms with Gasteiger partial charge in [-0.3, -0.25) is 4.79 Å². The van der Waals surface area contributed by atoms with E-state index in [0.717, 1.165) is 16.6 Å². The minimum atomic E-state index is -0.404. The number of ether oxygens (including phenoxy) is 1. The number of amides is 1. The van der Waals surface area contributed by atoms with E-state index in [0.29, 0.717) is 12.3 Å². The van der Waals surface area contributed by atoms with Gasteiger partial charge in [-0.2, -0.15) is 0 Å². The molecule has 0 fully saturated rings. The molecule has 4 heteroatoms. The fourth-order valence-corrected chi connectivity index (χ4v) is 2.04. The quantitative estimate of drug-likeness (QED) is 0.785. The van der Waals surface area contributed by atoms with Gasteiger partial charge in [0, 0.05) is 16.6 Å². The second kappa shape index (κ2) is 3.13. The summed E-state index contributed by atoms with van der Waals surface area (Å²) in [6.07, 6.45) is 3.52. The predicted molar refractivity (Wildman–Crippen MR) is 60.6 cm³/mol. The van der Waals surface area contributed by atoms with Crippen LogP contribution >= 0.6 is 0 Å². The van der Waals surface area contributed by atoms with Crippen molar-refractivity contribution >= 4 is 22.9 Å². The van der Waals surface area contributed by atoms with Gasteiger partial charge in [-0.1, -0.05) is 6.07 Å². The lowest BCUT2D eigenvalue weighted by Crippen LogP contribution is -2.11. The van der Waals surface area contributed by atoms with Gasteiger partial charge in [-0.05, 0) is 24.3 Å². The first-order valence-corrected chi connectivity index (χ1v) is 4.97. The average Bonchev–Trinajstić information content (AvgIpc) is 2.67. The lowest BCUT2D eigenvalue weighted by molar-refractivity contribution is 0.100. The van der Waals surface area contributed by atoms with Crippen molar-refractivity contribution in [2.24, 2.45) is 5.73 Å². The van der Waals surface area contributed by atoms with Crippen LogP contribution in [-0.4, -0.2) is 10.5 Å². The van der Waals surface area contributed by atoms with E-state index in [-0.39, 0.29) is 0 Å². The third-order valence-corrected chi connectivity index (χ3v) is 2.78. The van der Waals surface area contributed by atoms with Crippen LogP contribution in [0.1, 0.15) is 16.1 Å². The van der Waals surface area contributed by atoms with E-state index in [4.69, 9.17) is 10.5 Å². The molecular formula is C12H10N2O2. The Morgan fingerprint density at radius 2 is 2.31 bits per heavy atom. The zero-order valence-electron chi connectivity index (χ0n) is 8.51. The third-order valence-electron chi connectivity index (χ3n) is 2.78. The predicted octanol–water partition coefficient (Wildman–Crippen LogP) is 1.70. The van der Waals surface area contributed by atoms with Crippen LogP contribution in [0.5, 0.6) is 0 Å². The van der Waals surface area contributed by atoms with Crippen molar-refractivity contribution in [3.05, 3.63) is 41.8 Å². The van der Waals surface area contributed by atoms with E-state index < -0.39 is 5.91 Å². The molecule has 1 aliphatic rings. The molecule has 0 spiro atoms. The van der Waals surface area contributed by atoms with Crippen LogP contribution in [0.15, 0.2) is 30.5 Å². The van der Waals surface area contributed by atoms with Crippen LogP contribution in [0.2, 0.25) is 0 Å². The van der Waals surface area contributed by atoms with Gasteiger partial charge in [-0.15, -0.1) is 0 Å². The van der Waals surface area contributed by atoms with Gasteiger partial charge in [-0.25, -0.2) is 0 Å². The summed E-state index contributed by atoms with van der Waals surface area (Å²) in [6.45, 7) is 0.470. The number of primary amides is 1. The van der Waals surface area contributed by atoms with Gasteiger partial charge >= 0.3 is 0 Å². The molecule has 2 N–H and O–H groups in total. The number of rotatable bonds is 1. The van der Waals surface area contributed by atoms with Gasteiger partial charge in [0.15, 0.2) is 6.73 Å². The molecule has 1 amide bonds. The topological polar surface area (TPSA) is 57.2 Å². The summed E-state index contributed by atoms with van der Waals surface area (Å²) < 4.78 is 7.23. The minimum Gasteiger partial charge on any atom is -0.480 e. The first-order valence-electron chi connectivity index (χ1n) is 4.97. The Bertz CT molecular complexity index is 611. The molecule has 0 bridgehead atoms. The Kier molecular flexibility index (Phi) is 1.77. The molecule has 0 aliphatic carbocycles. The number of nitrogens with zero attached hydrogens (tertiary/aromatic N) is 1. The van der Waals surface area contributed by atoms with E-state index in [2.05, 4.69) is 0 Å². The normalized spacial score (nSPS) is 13.5. The largest absolute Gasteiger partial charge is 0.480 e. The molecule has 4 nitrogen and oxygen atoms in total. The summed E-state index contributed by atoms with van der Waals surface area (Å²) in [7, 11) is 0. The molecule has 2 aromatic rings. The lowest BCUT2D eigenvalue weighted by Gasteiger charge is -2.11. The molecule has 1 aliphatic heterocycles. The number of carbonyl (C=O) groups is 1. The maximum absolute atomic E-state index is 11.3. The van der Waals surface area contributed by atoms with Crippen molar-refractivity contribution in [2.75, 3.05) is 0 Å². The minimum absolute atomic E-state index is 0.404. The Balaban J connectivity index is 2.38. The molecule has 0 saturated carbocycles. The fraction of sp³-hybridized carbons (Fsp3) is 0.0833. The van der Waals surface area contributed by atoms with E-state index in [1.54, 1.807) is 12.3 Å². The average molecular weight is 214 g/mol. The molecule has 2 heterocycles. The summed E-state index contributed by atoms with van der Waals surface area (Å²) in [6, 6.07) is 7.47. The van der Waals surface area contributed by atoms with E-state index >= 15 is 0 Å². The number of fused-ring (bicyclic) bond motifs is 3. The second-order valence-electron chi connectivity index (χ2n) is 3.70. The highest BCUT2D eigenvalue weighted by atomic mass is 16.5. The molecule has 1 aromatic heterocycles. The van der Waals surface area contributed by atoms with Crippen molar-refractivity contribution in [3.63, 3.8) is 0 Å². The van der Waals surface area contributed by atoms with Crippen molar-refractivity contribution in [3.8, 4) is 0 Å².